The van der Waals surface area contributed by atoms with Gasteiger partial charge in [0.05, 0.1) is 12.4 Å². The van der Waals surface area contributed by atoms with Gasteiger partial charge in [-0.1, -0.05) is 0 Å². The van der Waals surface area contributed by atoms with Gasteiger partial charge in [-0.05, 0) is 32.1 Å². The van der Waals surface area contributed by atoms with E-state index < -0.39 is 10.0 Å². The van der Waals surface area contributed by atoms with Crippen LogP contribution in [-0.4, -0.2) is 50.7 Å². The van der Waals surface area contributed by atoms with E-state index in [0.29, 0.717) is 31.5 Å². The first-order valence-electron chi connectivity index (χ1n) is 6.21. The van der Waals surface area contributed by atoms with E-state index in [4.69, 9.17) is 16.3 Å². The summed E-state index contributed by atoms with van der Waals surface area (Å²) in [6, 6.07) is 0. The number of hydrogen-bond acceptors (Lipinski definition) is 3. The van der Waals surface area contributed by atoms with Gasteiger partial charge in [0.1, 0.15) is 0 Å². The molecule has 0 aromatic rings. The fraction of sp³-hybridized carbons (Fsp3) is 1.00. The number of halogens is 1. The maximum absolute atomic E-state index is 12.0. The Morgan fingerprint density at radius 2 is 2.24 bits per heavy atom. The third-order valence-electron chi connectivity index (χ3n) is 3.08. The zero-order valence-electron chi connectivity index (χ0n) is 10.4. The summed E-state index contributed by atoms with van der Waals surface area (Å²) in [5.41, 5.74) is 0. The molecular weight excluding hydrogens is 262 g/mol. The average molecular weight is 284 g/mol. The molecular formula is C11H22ClNO3S. The fourth-order valence-electron chi connectivity index (χ4n) is 2.11. The summed E-state index contributed by atoms with van der Waals surface area (Å²) < 4.78 is 30.8. The molecule has 1 saturated heterocycles. The van der Waals surface area contributed by atoms with Crippen molar-refractivity contribution in [3.05, 3.63) is 0 Å². The van der Waals surface area contributed by atoms with Crippen LogP contribution in [0.5, 0.6) is 0 Å². The van der Waals surface area contributed by atoms with Crippen molar-refractivity contribution in [1.29, 1.82) is 0 Å². The molecule has 0 aliphatic carbocycles. The first-order chi connectivity index (χ1) is 8.10. The van der Waals surface area contributed by atoms with Crippen LogP contribution in [0, 0.1) is 5.92 Å². The first-order valence-corrected chi connectivity index (χ1v) is 8.36. The number of sulfonamides is 1. The quantitative estimate of drug-likeness (QED) is 0.528. The Balaban J connectivity index is 2.46. The molecule has 0 saturated carbocycles. The second kappa shape index (κ2) is 7.56. The molecule has 1 atom stereocenters. The van der Waals surface area contributed by atoms with Crippen LogP contribution < -0.4 is 0 Å². The highest BCUT2D eigenvalue weighted by Crippen LogP contribution is 2.22. The van der Waals surface area contributed by atoms with E-state index in [0.717, 1.165) is 19.3 Å². The number of ether oxygens (including phenoxy) is 1. The molecule has 0 aromatic heterocycles. The molecule has 102 valence electrons. The van der Waals surface area contributed by atoms with Crippen LogP contribution in [0.3, 0.4) is 0 Å². The second-order valence-electron chi connectivity index (χ2n) is 4.36. The molecule has 6 heteroatoms. The molecule has 0 spiro atoms. The fourth-order valence-corrected chi connectivity index (χ4v) is 3.85. The minimum absolute atomic E-state index is 0.0917. The number of hydrogen-bond donors (Lipinski definition) is 0. The predicted octanol–water partition coefficient (Wildman–Crippen LogP) is 1.69. The van der Waals surface area contributed by atoms with Crippen LogP contribution in [0.4, 0.5) is 0 Å². The Hall–Kier alpha value is 0.160. The van der Waals surface area contributed by atoms with Crippen molar-refractivity contribution >= 4 is 21.6 Å². The molecule has 1 unspecified atom stereocenters. The minimum atomic E-state index is -3.14. The van der Waals surface area contributed by atoms with Gasteiger partial charge in [0, 0.05) is 25.6 Å². The SMILES string of the molecule is CCOCCS(=O)(=O)N1CCCC(CCCl)C1. The van der Waals surface area contributed by atoms with Crippen molar-refractivity contribution in [3.8, 4) is 0 Å². The molecule has 17 heavy (non-hydrogen) atoms. The molecule has 0 radical (unpaired) electrons. The van der Waals surface area contributed by atoms with Gasteiger partial charge < -0.3 is 4.74 Å². The molecule has 1 heterocycles. The Morgan fingerprint density at radius 3 is 2.88 bits per heavy atom. The molecule has 0 aromatic carbocycles. The molecule has 1 rings (SSSR count). The third kappa shape index (κ3) is 5.12. The van der Waals surface area contributed by atoms with Crippen molar-refractivity contribution in [2.45, 2.75) is 26.2 Å². The third-order valence-corrected chi connectivity index (χ3v) is 5.10. The summed E-state index contributed by atoms with van der Waals surface area (Å²) in [4.78, 5) is 0. The Kier molecular flexibility index (Phi) is 6.77. The highest BCUT2D eigenvalue weighted by molar-refractivity contribution is 7.89. The standard InChI is InChI=1S/C11H22ClNO3S/c1-2-16-8-9-17(14,15)13-7-3-4-11(10-13)5-6-12/h11H,2-10H2,1H3. The molecule has 1 aliphatic heterocycles. The van der Waals surface area contributed by atoms with E-state index in [1.807, 2.05) is 6.92 Å². The van der Waals surface area contributed by atoms with Crippen LogP contribution in [-0.2, 0) is 14.8 Å². The highest BCUT2D eigenvalue weighted by Gasteiger charge is 2.28. The lowest BCUT2D eigenvalue weighted by molar-refractivity contribution is 0.161. The van der Waals surface area contributed by atoms with Crippen molar-refractivity contribution in [2.24, 2.45) is 5.92 Å². The van der Waals surface area contributed by atoms with Crippen LogP contribution >= 0.6 is 11.6 Å². The average Bonchev–Trinajstić information content (AvgIpc) is 2.30. The van der Waals surface area contributed by atoms with Crippen molar-refractivity contribution in [3.63, 3.8) is 0 Å². The second-order valence-corrected chi connectivity index (χ2v) is 6.82. The number of alkyl halides is 1. The van der Waals surface area contributed by atoms with Crippen molar-refractivity contribution < 1.29 is 13.2 Å². The summed E-state index contributed by atoms with van der Waals surface area (Å²) in [5.74, 6) is 1.12. The lowest BCUT2D eigenvalue weighted by atomic mass is 9.97. The normalized spacial score (nSPS) is 22.8. The van der Waals surface area contributed by atoms with E-state index in [2.05, 4.69) is 0 Å². The summed E-state index contributed by atoms with van der Waals surface area (Å²) in [6.45, 7) is 3.98. The van der Waals surface area contributed by atoms with E-state index in [9.17, 15) is 8.42 Å². The summed E-state index contributed by atoms with van der Waals surface area (Å²) in [5, 5.41) is 0. The zero-order chi connectivity index (χ0) is 12.7. The summed E-state index contributed by atoms with van der Waals surface area (Å²) in [7, 11) is -3.14. The zero-order valence-corrected chi connectivity index (χ0v) is 12.0. The molecule has 0 amide bonds. The number of piperidine rings is 1. The van der Waals surface area contributed by atoms with Gasteiger partial charge in [-0.3, -0.25) is 0 Å². The van der Waals surface area contributed by atoms with Crippen LogP contribution in [0.15, 0.2) is 0 Å². The van der Waals surface area contributed by atoms with Crippen molar-refractivity contribution in [1.82, 2.24) is 4.31 Å². The lowest BCUT2D eigenvalue weighted by Crippen LogP contribution is -2.41. The van der Waals surface area contributed by atoms with Crippen LogP contribution in [0.1, 0.15) is 26.2 Å². The van der Waals surface area contributed by atoms with E-state index in [-0.39, 0.29) is 12.4 Å². The van der Waals surface area contributed by atoms with E-state index >= 15 is 0 Å². The number of rotatable bonds is 7. The molecule has 1 fully saturated rings. The molecule has 1 aliphatic rings. The minimum Gasteiger partial charge on any atom is -0.381 e. The van der Waals surface area contributed by atoms with Crippen LogP contribution in [0.25, 0.3) is 0 Å². The van der Waals surface area contributed by atoms with Gasteiger partial charge in [-0.2, -0.15) is 0 Å². The summed E-state index contributed by atoms with van der Waals surface area (Å²) in [6.07, 6.45) is 2.93. The molecule has 0 N–H and O–H groups in total. The van der Waals surface area contributed by atoms with Gasteiger partial charge in [0.25, 0.3) is 0 Å². The maximum atomic E-state index is 12.0. The van der Waals surface area contributed by atoms with Gasteiger partial charge in [-0.15, -0.1) is 11.6 Å². The van der Waals surface area contributed by atoms with Gasteiger partial charge in [-0.25, -0.2) is 12.7 Å². The lowest BCUT2D eigenvalue weighted by Gasteiger charge is -2.31. The van der Waals surface area contributed by atoms with E-state index in [1.54, 1.807) is 4.31 Å². The topological polar surface area (TPSA) is 46.6 Å². The summed E-state index contributed by atoms with van der Waals surface area (Å²) >= 11 is 5.71. The van der Waals surface area contributed by atoms with Crippen LogP contribution in [0.2, 0.25) is 0 Å². The predicted molar refractivity (Wildman–Crippen MR) is 69.9 cm³/mol. The van der Waals surface area contributed by atoms with Crippen molar-refractivity contribution in [2.75, 3.05) is 37.9 Å². The largest absolute Gasteiger partial charge is 0.381 e. The first kappa shape index (κ1) is 15.2. The maximum Gasteiger partial charge on any atom is 0.216 e. The van der Waals surface area contributed by atoms with Gasteiger partial charge in [0.2, 0.25) is 10.0 Å². The Labute approximate surface area is 109 Å². The van der Waals surface area contributed by atoms with Gasteiger partial charge in [0.15, 0.2) is 0 Å². The van der Waals surface area contributed by atoms with E-state index in [1.165, 1.54) is 0 Å². The Bertz CT molecular complexity index is 306. The highest BCUT2D eigenvalue weighted by atomic mass is 35.5. The molecule has 0 bridgehead atoms. The monoisotopic (exact) mass is 283 g/mol. The van der Waals surface area contributed by atoms with Gasteiger partial charge >= 0.3 is 0 Å². The molecule has 4 nitrogen and oxygen atoms in total. The number of nitrogens with zero attached hydrogens (tertiary/aromatic N) is 1. The Morgan fingerprint density at radius 1 is 1.47 bits per heavy atom. The smallest absolute Gasteiger partial charge is 0.216 e.